The maximum Gasteiger partial charge on any atom is 0.287 e. The standard InChI is InChI=1S/C10H11N5O4/c1-18-8-2-3-9(16)15(13-8)5-6-4-7(14-19-6)10(17)12-11/h2-4H,5,11H2,1H3,(H,12,17). The van der Waals surface area contributed by atoms with Gasteiger partial charge in [0.2, 0.25) is 5.88 Å². The van der Waals surface area contributed by atoms with Crippen LogP contribution < -0.4 is 21.6 Å². The van der Waals surface area contributed by atoms with Gasteiger partial charge in [-0.3, -0.25) is 15.0 Å². The number of hydrogen-bond donors (Lipinski definition) is 2. The molecular formula is C10H11N5O4. The highest BCUT2D eigenvalue weighted by Crippen LogP contribution is 2.06. The number of amides is 1. The maximum absolute atomic E-state index is 11.6. The zero-order valence-electron chi connectivity index (χ0n) is 9.99. The van der Waals surface area contributed by atoms with Crippen LogP contribution in [0.1, 0.15) is 16.2 Å². The predicted octanol–water partition coefficient (Wildman–Crippen LogP) is -1.11. The van der Waals surface area contributed by atoms with Gasteiger partial charge in [-0.15, -0.1) is 5.10 Å². The van der Waals surface area contributed by atoms with E-state index in [9.17, 15) is 9.59 Å². The van der Waals surface area contributed by atoms with Crippen LogP contribution in [0.25, 0.3) is 0 Å². The Morgan fingerprint density at radius 3 is 3.05 bits per heavy atom. The zero-order valence-corrected chi connectivity index (χ0v) is 9.99. The van der Waals surface area contributed by atoms with E-state index in [1.54, 1.807) is 0 Å². The predicted molar refractivity (Wildman–Crippen MR) is 62.3 cm³/mol. The number of hydrazine groups is 1. The Labute approximate surface area is 106 Å². The summed E-state index contributed by atoms with van der Waals surface area (Å²) >= 11 is 0. The van der Waals surface area contributed by atoms with E-state index < -0.39 is 5.91 Å². The van der Waals surface area contributed by atoms with E-state index in [1.807, 2.05) is 5.43 Å². The Morgan fingerprint density at radius 1 is 1.58 bits per heavy atom. The highest BCUT2D eigenvalue weighted by atomic mass is 16.5. The molecule has 0 unspecified atom stereocenters. The van der Waals surface area contributed by atoms with Crippen molar-refractivity contribution < 1.29 is 14.1 Å². The van der Waals surface area contributed by atoms with Crippen LogP contribution in [0.2, 0.25) is 0 Å². The Kier molecular flexibility index (Phi) is 3.57. The summed E-state index contributed by atoms with van der Waals surface area (Å²) < 4.78 is 11.0. The van der Waals surface area contributed by atoms with Gasteiger partial charge in [-0.2, -0.15) is 0 Å². The number of ether oxygens (including phenoxy) is 1. The number of aromatic nitrogens is 3. The Bertz CT molecular complexity index is 647. The summed E-state index contributed by atoms with van der Waals surface area (Å²) in [6.07, 6.45) is 0. The first-order chi connectivity index (χ1) is 9.13. The van der Waals surface area contributed by atoms with Crippen molar-refractivity contribution in [2.75, 3.05) is 7.11 Å². The fourth-order valence-corrected chi connectivity index (χ4v) is 1.37. The molecule has 0 saturated heterocycles. The van der Waals surface area contributed by atoms with Gasteiger partial charge in [0.25, 0.3) is 11.5 Å². The second-order valence-corrected chi connectivity index (χ2v) is 3.52. The summed E-state index contributed by atoms with van der Waals surface area (Å²) in [5.74, 6) is 4.96. The van der Waals surface area contributed by atoms with Crippen molar-refractivity contribution in [3.8, 4) is 5.88 Å². The molecule has 0 fully saturated rings. The van der Waals surface area contributed by atoms with Crippen LogP contribution in [0.3, 0.4) is 0 Å². The maximum atomic E-state index is 11.6. The number of nitrogens with zero attached hydrogens (tertiary/aromatic N) is 3. The van der Waals surface area contributed by atoms with Crippen LogP contribution in [-0.4, -0.2) is 28.0 Å². The third-order valence-corrected chi connectivity index (χ3v) is 2.28. The Hall–Kier alpha value is -2.68. The number of nitrogens with one attached hydrogen (secondary N) is 1. The first kappa shape index (κ1) is 12.8. The number of hydrogen-bond acceptors (Lipinski definition) is 7. The molecule has 0 aromatic carbocycles. The van der Waals surface area contributed by atoms with Crippen molar-refractivity contribution in [3.05, 3.63) is 40.0 Å². The van der Waals surface area contributed by atoms with Gasteiger partial charge in [0, 0.05) is 18.2 Å². The van der Waals surface area contributed by atoms with Crippen molar-refractivity contribution in [2.24, 2.45) is 5.84 Å². The zero-order chi connectivity index (χ0) is 13.8. The molecule has 0 atom stereocenters. The number of carbonyl (C=O) groups excluding carboxylic acids is 1. The van der Waals surface area contributed by atoms with Gasteiger partial charge < -0.3 is 9.26 Å². The summed E-state index contributed by atoms with van der Waals surface area (Å²) in [6, 6.07) is 4.14. The van der Waals surface area contributed by atoms with Crippen LogP contribution >= 0.6 is 0 Å². The number of carbonyl (C=O) groups is 1. The highest BCUT2D eigenvalue weighted by Gasteiger charge is 2.12. The summed E-state index contributed by atoms with van der Waals surface area (Å²) in [7, 11) is 1.44. The molecule has 2 heterocycles. The number of rotatable bonds is 4. The molecule has 2 rings (SSSR count). The molecule has 0 aliphatic carbocycles. The second kappa shape index (κ2) is 5.31. The van der Waals surface area contributed by atoms with Gasteiger partial charge in [-0.25, -0.2) is 10.5 Å². The van der Waals surface area contributed by atoms with Crippen molar-refractivity contribution >= 4 is 5.91 Å². The molecular weight excluding hydrogens is 254 g/mol. The largest absolute Gasteiger partial charge is 0.480 e. The van der Waals surface area contributed by atoms with E-state index in [2.05, 4.69) is 10.3 Å². The molecule has 0 saturated carbocycles. The second-order valence-electron chi connectivity index (χ2n) is 3.52. The van der Waals surface area contributed by atoms with E-state index in [1.165, 1.54) is 25.3 Å². The van der Waals surface area contributed by atoms with E-state index in [4.69, 9.17) is 15.1 Å². The van der Waals surface area contributed by atoms with Gasteiger partial charge in [0.15, 0.2) is 11.5 Å². The normalized spacial score (nSPS) is 10.2. The highest BCUT2D eigenvalue weighted by molar-refractivity contribution is 5.91. The first-order valence-corrected chi connectivity index (χ1v) is 5.22. The average Bonchev–Trinajstić information content (AvgIpc) is 2.89. The molecule has 0 spiro atoms. The van der Waals surface area contributed by atoms with Gasteiger partial charge in [-0.1, -0.05) is 5.16 Å². The van der Waals surface area contributed by atoms with Crippen molar-refractivity contribution in [2.45, 2.75) is 6.54 Å². The van der Waals surface area contributed by atoms with Crippen molar-refractivity contribution in [1.82, 2.24) is 20.4 Å². The van der Waals surface area contributed by atoms with E-state index in [-0.39, 0.29) is 17.8 Å². The molecule has 0 aliphatic heterocycles. The van der Waals surface area contributed by atoms with E-state index in [0.717, 1.165) is 4.68 Å². The molecule has 1 amide bonds. The van der Waals surface area contributed by atoms with Crippen LogP contribution in [0.15, 0.2) is 27.5 Å². The summed E-state index contributed by atoms with van der Waals surface area (Å²) in [4.78, 5) is 22.8. The Balaban J connectivity index is 2.23. The molecule has 9 heteroatoms. The number of nitrogen functional groups attached to an aromatic ring is 1. The van der Waals surface area contributed by atoms with Gasteiger partial charge in [0.05, 0.1) is 7.11 Å². The lowest BCUT2D eigenvalue weighted by Crippen LogP contribution is -2.30. The van der Waals surface area contributed by atoms with Gasteiger partial charge in [-0.05, 0) is 0 Å². The van der Waals surface area contributed by atoms with Crippen LogP contribution in [0.4, 0.5) is 0 Å². The quantitative estimate of drug-likeness (QED) is 0.408. The number of nitrogens with two attached hydrogens (primary N) is 1. The molecule has 9 nitrogen and oxygen atoms in total. The fraction of sp³-hybridized carbons (Fsp3) is 0.200. The lowest BCUT2D eigenvalue weighted by Gasteiger charge is -2.03. The fourth-order valence-electron chi connectivity index (χ4n) is 1.37. The third kappa shape index (κ3) is 2.77. The summed E-state index contributed by atoms with van der Waals surface area (Å²) in [5, 5.41) is 7.44. The molecule has 100 valence electrons. The van der Waals surface area contributed by atoms with Crippen LogP contribution in [0, 0.1) is 0 Å². The molecule has 0 bridgehead atoms. The molecule has 3 N–H and O–H groups in total. The van der Waals surface area contributed by atoms with E-state index in [0.29, 0.717) is 11.6 Å². The van der Waals surface area contributed by atoms with Crippen molar-refractivity contribution in [1.29, 1.82) is 0 Å². The molecule has 0 radical (unpaired) electrons. The molecule has 2 aromatic rings. The Morgan fingerprint density at radius 2 is 2.37 bits per heavy atom. The number of methoxy groups -OCH3 is 1. The summed E-state index contributed by atoms with van der Waals surface area (Å²) in [5.41, 5.74) is 1.61. The average molecular weight is 265 g/mol. The SMILES string of the molecule is COc1ccc(=O)n(Cc2cc(C(=O)NN)no2)n1. The van der Waals surface area contributed by atoms with Gasteiger partial charge in [0.1, 0.15) is 6.54 Å². The monoisotopic (exact) mass is 265 g/mol. The first-order valence-electron chi connectivity index (χ1n) is 5.22. The van der Waals surface area contributed by atoms with Gasteiger partial charge >= 0.3 is 0 Å². The molecule has 19 heavy (non-hydrogen) atoms. The lowest BCUT2D eigenvalue weighted by atomic mass is 10.3. The lowest BCUT2D eigenvalue weighted by molar-refractivity contribution is 0.0944. The van der Waals surface area contributed by atoms with Crippen molar-refractivity contribution in [3.63, 3.8) is 0 Å². The molecule has 0 aliphatic rings. The topological polar surface area (TPSA) is 125 Å². The minimum atomic E-state index is -0.582. The minimum absolute atomic E-state index is 0.0217. The van der Waals surface area contributed by atoms with Crippen LogP contribution in [0.5, 0.6) is 5.88 Å². The summed E-state index contributed by atoms with van der Waals surface area (Å²) in [6.45, 7) is 0.0287. The third-order valence-electron chi connectivity index (χ3n) is 2.28. The van der Waals surface area contributed by atoms with E-state index >= 15 is 0 Å². The molecule has 2 aromatic heterocycles. The smallest absolute Gasteiger partial charge is 0.287 e. The minimum Gasteiger partial charge on any atom is -0.480 e. The van der Waals surface area contributed by atoms with Crippen LogP contribution in [-0.2, 0) is 6.54 Å².